The zero-order valence-corrected chi connectivity index (χ0v) is 22.1. The lowest BCUT2D eigenvalue weighted by Crippen LogP contribution is -2.50. The molecule has 0 bridgehead atoms. The van der Waals surface area contributed by atoms with Crippen molar-refractivity contribution >= 4 is 23.8 Å². The molecule has 4 rings (SSSR count). The average Bonchev–Trinajstić information content (AvgIpc) is 2.92. The highest BCUT2D eigenvalue weighted by molar-refractivity contribution is 5.98. The molecule has 0 spiro atoms. The van der Waals surface area contributed by atoms with E-state index in [1.807, 2.05) is 42.5 Å². The Balaban J connectivity index is 1.35. The molecule has 0 atom stereocenters. The molecule has 3 aromatic carbocycles. The molecule has 0 aliphatic carbocycles. The van der Waals surface area contributed by atoms with Gasteiger partial charge in [-0.15, -0.1) is 0 Å². The molecule has 1 aliphatic rings. The van der Waals surface area contributed by atoms with Gasteiger partial charge in [0.15, 0.2) is 12.2 Å². The van der Waals surface area contributed by atoms with Crippen LogP contribution in [0.5, 0.6) is 0 Å². The van der Waals surface area contributed by atoms with Gasteiger partial charge in [-0.3, -0.25) is 19.5 Å². The number of aryl methyl sites for hydroxylation is 1. The number of carbonyl (C=O) groups excluding carboxylic acids is 2. The van der Waals surface area contributed by atoms with Gasteiger partial charge in [0.1, 0.15) is 0 Å². The van der Waals surface area contributed by atoms with Crippen LogP contribution in [0.2, 0.25) is 0 Å². The summed E-state index contributed by atoms with van der Waals surface area (Å²) in [6.45, 7) is 6.61. The quantitative estimate of drug-likeness (QED) is 0.311. The number of piperazine rings is 1. The van der Waals surface area contributed by atoms with E-state index in [1.165, 1.54) is 16.7 Å². The van der Waals surface area contributed by atoms with Crippen LogP contribution in [0.15, 0.2) is 71.7 Å². The monoisotopic (exact) mass is 497 g/mol. The van der Waals surface area contributed by atoms with Crippen LogP contribution in [-0.4, -0.2) is 80.2 Å². The molecule has 7 nitrogen and oxygen atoms in total. The number of nitrogens with zero attached hydrogens (tertiary/aromatic N) is 4. The molecular weight excluding hydrogens is 462 g/mol. The van der Waals surface area contributed by atoms with E-state index in [2.05, 4.69) is 45.2 Å². The maximum Gasteiger partial charge on any atom is 0.253 e. The van der Waals surface area contributed by atoms with Crippen molar-refractivity contribution < 1.29 is 9.59 Å². The Kier molecular flexibility index (Phi) is 8.36. The molecule has 192 valence electrons. The lowest BCUT2D eigenvalue weighted by atomic mass is 9.97. The number of guanidine groups is 1. The number of aliphatic imine (C=N–C) groups is 1. The van der Waals surface area contributed by atoms with Gasteiger partial charge in [0.2, 0.25) is 0 Å². The average molecular weight is 498 g/mol. The number of rotatable bonds is 6. The largest absolute Gasteiger partial charge is 0.345 e. The molecule has 1 aliphatic heterocycles. The van der Waals surface area contributed by atoms with Crippen LogP contribution >= 0.6 is 0 Å². The Morgan fingerprint density at radius 2 is 1.70 bits per heavy atom. The first-order chi connectivity index (χ1) is 17.9. The Morgan fingerprint density at radius 3 is 2.32 bits per heavy atom. The summed E-state index contributed by atoms with van der Waals surface area (Å²) in [5.41, 5.74) is 6.90. The van der Waals surface area contributed by atoms with Gasteiger partial charge in [0, 0.05) is 65.0 Å². The van der Waals surface area contributed by atoms with Crippen molar-refractivity contribution in [1.29, 1.82) is 0 Å². The van der Waals surface area contributed by atoms with Crippen molar-refractivity contribution in [3.05, 3.63) is 89.0 Å². The lowest BCUT2D eigenvalue weighted by molar-refractivity contribution is 0.0827. The first kappa shape index (κ1) is 26.1. The molecule has 1 fully saturated rings. The highest BCUT2D eigenvalue weighted by Crippen LogP contribution is 2.26. The topological polar surface area (TPSA) is 68.2 Å². The molecule has 0 aromatic heterocycles. The third kappa shape index (κ3) is 6.24. The van der Waals surface area contributed by atoms with Crippen molar-refractivity contribution in [2.45, 2.75) is 13.5 Å². The second-order valence-electron chi connectivity index (χ2n) is 9.57. The van der Waals surface area contributed by atoms with E-state index < -0.39 is 0 Å². The number of nitrogens with one attached hydrogen (secondary N) is 1. The number of hydrogen-bond acceptors (Lipinski definition) is 4. The smallest absolute Gasteiger partial charge is 0.253 e. The number of hydrogen-bond donors (Lipinski definition) is 1. The van der Waals surface area contributed by atoms with Gasteiger partial charge in [-0.2, -0.15) is 0 Å². The fourth-order valence-electron chi connectivity index (χ4n) is 4.69. The highest BCUT2D eigenvalue weighted by atomic mass is 16.2. The standard InChI is InChI=1S/C30H35N5O2/c1-22-19-23(9-14-27(22)24-10-12-25(13-11-24)29(37)33(3)4)20-34-15-17-35(18-16-34)30(31-2)32-28-8-6-5-7-26(28)21-36/h5-14,19,21H,15-18,20H2,1-4H3,(H,31,32). The van der Waals surface area contributed by atoms with Crippen molar-refractivity contribution in [1.82, 2.24) is 14.7 Å². The fourth-order valence-corrected chi connectivity index (χ4v) is 4.69. The Morgan fingerprint density at radius 1 is 1.00 bits per heavy atom. The summed E-state index contributed by atoms with van der Waals surface area (Å²) in [4.78, 5) is 34.3. The minimum absolute atomic E-state index is 0.0117. The Labute approximate surface area is 219 Å². The molecular formula is C30H35N5O2. The van der Waals surface area contributed by atoms with E-state index >= 15 is 0 Å². The van der Waals surface area contributed by atoms with Gasteiger partial charge in [0.25, 0.3) is 5.91 Å². The van der Waals surface area contributed by atoms with Crippen LogP contribution in [-0.2, 0) is 6.54 Å². The molecule has 1 heterocycles. The van der Waals surface area contributed by atoms with E-state index in [9.17, 15) is 9.59 Å². The zero-order chi connectivity index (χ0) is 26.4. The molecule has 0 radical (unpaired) electrons. The van der Waals surface area contributed by atoms with Crippen LogP contribution in [0.4, 0.5) is 5.69 Å². The van der Waals surface area contributed by atoms with Crippen LogP contribution in [0.3, 0.4) is 0 Å². The minimum Gasteiger partial charge on any atom is -0.345 e. The van der Waals surface area contributed by atoms with E-state index in [0.29, 0.717) is 11.1 Å². The number of aldehydes is 1. The molecule has 7 heteroatoms. The SMILES string of the molecule is CN=C(Nc1ccccc1C=O)N1CCN(Cc2ccc(-c3ccc(C(=O)N(C)C)cc3)c(C)c2)CC1. The molecule has 1 N–H and O–H groups in total. The molecule has 1 saturated heterocycles. The van der Waals surface area contributed by atoms with Crippen LogP contribution in [0.1, 0.15) is 31.8 Å². The summed E-state index contributed by atoms with van der Waals surface area (Å²) in [7, 11) is 5.30. The minimum atomic E-state index is 0.0117. The summed E-state index contributed by atoms with van der Waals surface area (Å²) in [6.07, 6.45) is 0.863. The van der Waals surface area contributed by atoms with Gasteiger partial charge in [-0.1, -0.05) is 42.5 Å². The molecule has 1 amide bonds. The third-order valence-electron chi connectivity index (χ3n) is 6.76. The summed E-state index contributed by atoms with van der Waals surface area (Å²) < 4.78 is 0. The first-order valence-corrected chi connectivity index (χ1v) is 12.6. The number of anilines is 1. The summed E-state index contributed by atoms with van der Waals surface area (Å²) in [5.74, 6) is 0.796. The first-order valence-electron chi connectivity index (χ1n) is 12.6. The Hall–Kier alpha value is -3.97. The molecule has 37 heavy (non-hydrogen) atoms. The van der Waals surface area contributed by atoms with Gasteiger partial charge in [-0.05, 0) is 53.4 Å². The van der Waals surface area contributed by atoms with E-state index in [4.69, 9.17) is 0 Å². The summed E-state index contributed by atoms with van der Waals surface area (Å²) in [6, 6.07) is 21.9. The molecule has 0 saturated carbocycles. The second kappa shape index (κ2) is 11.8. The normalized spacial score (nSPS) is 14.4. The van der Waals surface area contributed by atoms with Crippen molar-refractivity contribution in [3.63, 3.8) is 0 Å². The van der Waals surface area contributed by atoms with Gasteiger partial charge in [-0.25, -0.2) is 0 Å². The van der Waals surface area contributed by atoms with E-state index in [0.717, 1.165) is 56.2 Å². The summed E-state index contributed by atoms with van der Waals surface area (Å²) >= 11 is 0. The maximum absolute atomic E-state index is 12.2. The predicted molar refractivity (Wildman–Crippen MR) is 150 cm³/mol. The van der Waals surface area contributed by atoms with Gasteiger partial charge < -0.3 is 15.1 Å². The molecule has 0 unspecified atom stereocenters. The predicted octanol–water partition coefficient (Wildman–Crippen LogP) is 4.39. The summed E-state index contributed by atoms with van der Waals surface area (Å²) in [5, 5.41) is 3.33. The number of benzene rings is 3. The number of carbonyl (C=O) groups is 2. The highest BCUT2D eigenvalue weighted by Gasteiger charge is 2.20. The Bertz CT molecular complexity index is 1280. The van der Waals surface area contributed by atoms with E-state index in [1.54, 1.807) is 32.1 Å². The van der Waals surface area contributed by atoms with Crippen LogP contribution in [0.25, 0.3) is 11.1 Å². The van der Waals surface area contributed by atoms with E-state index in [-0.39, 0.29) is 5.91 Å². The van der Waals surface area contributed by atoms with Crippen molar-refractivity contribution in [2.75, 3.05) is 52.6 Å². The zero-order valence-electron chi connectivity index (χ0n) is 22.1. The van der Waals surface area contributed by atoms with Crippen molar-refractivity contribution in [3.8, 4) is 11.1 Å². The maximum atomic E-state index is 12.2. The van der Waals surface area contributed by atoms with Gasteiger partial charge >= 0.3 is 0 Å². The number of amides is 1. The fraction of sp³-hybridized carbons (Fsp3) is 0.300. The number of para-hydroxylation sites is 1. The molecule has 3 aromatic rings. The van der Waals surface area contributed by atoms with Crippen LogP contribution in [0, 0.1) is 6.92 Å². The van der Waals surface area contributed by atoms with Crippen LogP contribution < -0.4 is 5.32 Å². The second-order valence-corrected chi connectivity index (χ2v) is 9.57. The lowest BCUT2D eigenvalue weighted by Gasteiger charge is -2.36. The van der Waals surface area contributed by atoms with Crippen molar-refractivity contribution in [2.24, 2.45) is 4.99 Å². The van der Waals surface area contributed by atoms with Gasteiger partial charge in [0.05, 0.1) is 5.69 Å². The third-order valence-corrected chi connectivity index (χ3v) is 6.76.